The summed E-state index contributed by atoms with van der Waals surface area (Å²) in [7, 11) is 0. The number of piperazine rings is 1. The van der Waals surface area contributed by atoms with Gasteiger partial charge in [0.15, 0.2) is 0 Å². The van der Waals surface area contributed by atoms with Crippen molar-refractivity contribution < 1.29 is 0 Å². The van der Waals surface area contributed by atoms with Crippen LogP contribution >= 0.6 is 11.6 Å². The zero-order valence-corrected chi connectivity index (χ0v) is 14.8. The van der Waals surface area contributed by atoms with E-state index in [0.29, 0.717) is 11.6 Å². The van der Waals surface area contributed by atoms with Crippen molar-refractivity contribution in [3.05, 3.63) is 39.2 Å². The fourth-order valence-corrected chi connectivity index (χ4v) is 2.98. The molecule has 0 saturated carbocycles. The zero-order valence-electron chi connectivity index (χ0n) is 14.1. The molecule has 1 aliphatic rings. The first kappa shape index (κ1) is 16.7. The first-order valence-corrected chi connectivity index (χ1v) is 8.42. The summed E-state index contributed by atoms with van der Waals surface area (Å²) in [6.45, 7) is 9.30. The number of aryl methyl sites for hydroxylation is 1. The first-order chi connectivity index (χ1) is 11.5. The van der Waals surface area contributed by atoms with Gasteiger partial charge < -0.3 is 9.80 Å². The molecule has 0 amide bonds. The second-order valence-electron chi connectivity index (χ2n) is 6.25. The smallest absolute Gasteiger partial charge is 0.285 e. The topological polar surface area (TPSA) is 78.0 Å². The van der Waals surface area contributed by atoms with E-state index in [2.05, 4.69) is 43.8 Å². The van der Waals surface area contributed by atoms with Crippen molar-refractivity contribution >= 4 is 23.1 Å². The van der Waals surface area contributed by atoms with Crippen LogP contribution in [-0.2, 0) is 0 Å². The van der Waals surface area contributed by atoms with Crippen LogP contribution in [0.3, 0.4) is 0 Å². The lowest BCUT2D eigenvalue weighted by atomic mass is 10.2. The molecular weight excluding hydrogens is 328 g/mol. The number of anilines is 2. The van der Waals surface area contributed by atoms with Crippen LogP contribution in [0.25, 0.3) is 0 Å². The van der Waals surface area contributed by atoms with Gasteiger partial charge in [-0.05, 0) is 6.92 Å². The van der Waals surface area contributed by atoms with Crippen LogP contribution < -0.4 is 15.4 Å². The fourth-order valence-electron chi connectivity index (χ4n) is 2.77. The van der Waals surface area contributed by atoms with Crippen LogP contribution in [0.1, 0.15) is 31.3 Å². The molecule has 7 nitrogen and oxygen atoms in total. The summed E-state index contributed by atoms with van der Waals surface area (Å²) >= 11 is 6.10. The molecule has 2 aromatic rings. The molecule has 24 heavy (non-hydrogen) atoms. The molecular formula is C16H21ClN6O. The summed E-state index contributed by atoms with van der Waals surface area (Å²) in [6, 6.07) is 2.02. The molecule has 0 aromatic carbocycles. The molecule has 2 aromatic heterocycles. The lowest BCUT2D eigenvalue weighted by Gasteiger charge is -2.36. The van der Waals surface area contributed by atoms with Crippen LogP contribution in [0.15, 0.2) is 17.1 Å². The van der Waals surface area contributed by atoms with Crippen LogP contribution in [0.2, 0.25) is 5.02 Å². The molecule has 3 rings (SSSR count). The second kappa shape index (κ2) is 6.76. The van der Waals surface area contributed by atoms with E-state index in [-0.39, 0.29) is 10.6 Å². The average molecular weight is 349 g/mol. The Hall–Kier alpha value is -2.15. The van der Waals surface area contributed by atoms with Crippen molar-refractivity contribution in [2.24, 2.45) is 0 Å². The van der Waals surface area contributed by atoms with E-state index in [1.807, 2.05) is 13.0 Å². The summed E-state index contributed by atoms with van der Waals surface area (Å²) in [6.07, 6.45) is 1.60. The third-order valence-electron chi connectivity index (χ3n) is 4.10. The molecule has 3 heterocycles. The lowest BCUT2D eigenvalue weighted by molar-refractivity contribution is 0.639. The van der Waals surface area contributed by atoms with Gasteiger partial charge in [-0.1, -0.05) is 25.4 Å². The molecule has 0 radical (unpaired) electrons. The number of nitrogens with one attached hydrogen (secondary N) is 1. The minimum absolute atomic E-state index is 0.193. The second-order valence-corrected chi connectivity index (χ2v) is 6.63. The van der Waals surface area contributed by atoms with E-state index >= 15 is 0 Å². The van der Waals surface area contributed by atoms with Gasteiger partial charge in [0.2, 0.25) is 0 Å². The Morgan fingerprint density at radius 3 is 2.50 bits per heavy atom. The first-order valence-electron chi connectivity index (χ1n) is 8.04. The maximum absolute atomic E-state index is 11.6. The number of hydrogen-bond donors (Lipinski definition) is 1. The molecule has 0 spiro atoms. The van der Waals surface area contributed by atoms with Gasteiger partial charge in [-0.25, -0.2) is 15.1 Å². The highest BCUT2D eigenvalue weighted by molar-refractivity contribution is 6.33. The SMILES string of the molecule is Cc1cc(N2CCN(c3cn[nH]c(=O)c3Cl)CC2)nc(C(C)C)n1. The van der Waals surface area contributed by atoms with Gasteiger partial charge >= 0.3 is 0 Å². The molecule has 0 unspecified atom stereocenters. The van der Waals surface area contributed by atoms with E-state index in [1.54, 1.807) is 6.20 Å². The van der Waals surface area contributed by atoms with Crippen molar-refractivity contribution in [2.45, 2.75) is 26.7 Å². The summed E-state index contributed by atoms with van der Waals surface area (Å²) < 4.78 is 0. The van der Waals surface area contributed by atoms with Crippen molar-refractivity contribution in [3.63, 3.8) is 0 Å². The number of rotatable bonds is 3. The van der Waals surface area contributed by atoms with Crippen molar-refractivity contribution in [1.82, 2.24) is 20.2 Å². The number of hydrogen-bond acceptors (Lipinski definition) is 6. The van der Waals surface area contributed by atoms with E-state index in [1.165, 1.54) is 0 Å². The minimum atomic E-state index is -0.357. The monoisotopic (exact) mass is 348 g/mol. The third-order valence-corrected chi connectivity index (χ3v) is 4.46. The van der Waals surface area contributed by atoms with Gasteiger partial charge in [-0.15, -0.1) is 0 Å². The Morgan fingerprint density at radius 1 is 1.17 bits per heavy atom. The third kappa shape index (κ3) is 3.36. The van der Waals surface area contributed by atoms with Crippen LogP contribution in [-0.4, -0.2) is 46.3 Å². The van der Waals surface area contributed by atoms with E-state index < -0.39 is 0 Å². The van der Waals surface area contributed by atoms with Gasteiger partial charge in [-0.2, -0.15) is 5.10 Å². The van der Waals surface area contributed by atoms with Gasteiger partial charge in [-0.3, -0.25) is 4.79 Å². The summed E-state index contributed by atoms with van der Waals surface area (Å²) in [4.78, 5) is 25.1. The molecule has 1 aliphatic heterocycles. The Bertz CT molecular complexity index is 782. The number of aromatic nitrogens is 4. The van der Waals surface area contributed by atoms with Gasteiger partial charge in [0.25, 0.3) is 5.56 Å². The highest BCUT2D eigenvalue weighted by atomic mass is 35.5. The minimum Gasteiger partial charge on any atom is -0.365 e. The average Bonchev–Trinajstić information content (AvgIpc) is 2.57. The maximum Gasteiger partial charge on any atom is 0.285 e. The predicted octanol–water partition coefficient (Wildman–Crippen LogP) is 1.97. The molecule has 128 valence electrons. The van der Waals surface area contributed by atoms with Gasteiger partial charge in [0.1, 0.15) is 16.7 Å². The molecule has 1 N–H and O–H groups in total. The number of halogens is 1. The van der Waals surface area contributed by atoms with E-state index in [0.717, 1.165) is 43.5 Å². The van der Waals surface area contributed by atoms with Gasteiger partial charge in [0.05, 0.1) is 11.9 Å². The lowest BCUT2D eigenvalue weighted by Crippen LogP contribution is -2.47. The molecule has 0 atom stereocenters. The fraction of sp³-hybridized carbons (Fsp3) is 0.500. The Kier molecular flexibility index (Phi) is 4.71. The molecule has 1 fully saturated rings. The normalized spacial score (nSPS) is 15.2. The maximum atomic E-state index is 11.6. The molecule has 0 bridgehead atoms. The highest BCUT2D eigenvalue weighted by Crippen LogP contribution is 2.24. The summed E-state index contributed by atoms with van der Waals surface area (Å²) in [5.74, 6) is 2.13. The zero-order chi connectivity index (χ0) is 17.3. The number of aromatic amines is 1. The van der Waals surface area contributed by atoms with Crippen LogP contribution in [0, 0.1) is 6.92 Å². The van der Waals surface area contributed by atoms with Crippen molar-refractivity contribution in [2.75, 3.05) is 36.0 Å². The molecule has 0 aliphatic carbocycles. The van der Waals surface area contributed by atoms with Crippen LogP contribution in [0.5, 0.6) is 0 Å². The summed E-state index contributed by atoms with van der Waals surface area (Å²) in [5.41, 5.74) is 1.30. The van der Waals surface area contributed by atoms with E-state index in [4.69, 9.17) is 11.6 Å². The van der Waals surface area contributed by atoms with Crippen molar-refractivity contribution in [1.29, 1.82) is 0 Å². The van der Waals surface area contributed by atoms with Gasteiger partial charge in [0, 0.05) is 43.9 Å². The van der Waals surface area contributed by atoms with Crippen LogP contribution in [0.4, 0.5) is 11.5 Å². The number of nitrogens with zero attached hydrogens (tertiary/aromatic N) is 5. The van der Waals surface area contributed by atoms with E-state index in [9.17, 15) is 4.79 Å². The highest BCUT2D eigenvalue weighted by Gasteiger charge is 2.22. The Balaban J connectivity index is 1.76. The molecule has 1 saturated heterocycles. The summed E-state index contributed by atoms with van der Waals surface area (Å²) in [5, 5.41) is 6.38. The molecule has 8 heteroatoms. The largest absolute Gasteiger partial charge is 0.365 e. The Morgan fingerprint density at radius 2 is 1.83 bits per heavy atom. The Labute approximate surface area is 145 Å². The number of H-pyrrole nitrogens is 1. The van der Waals surface area contributed by atoms with Crippen molar-refractivity contribution in [3.8, 4) is 0 Å². The quantitative estimate of drug-likeness (QED) is 0.913. The predicted molar refractivity (Wildman–Crippen MR) is 95.2 cm³/mol. The standard InChI is InChI=1S/C16H21ClN6O/c1-10(2)15-19-11(3)8-13(20-15)23-6-4-22(5-7-23)12-9-18-21-16(24)14(12)17/h8-10H,4-7H2,1-3H3,(H,21,24).